The molecular weight excluding hydrogens is 229 g/mol. The van der Waals surface area contributed by atoms with Gasteiger partial charge in [-0.15, -0.1) is 0 Å². The molecule has 92 valence electrons. The number of ether oxygens (including phenoxy) is 2. The summed E-state index contributed by atoms with van der Waals surface area (Å²) >= 11 is 0. The van der Waals surface area contributed by atoms with Crippen LogP contribution in [0.15, 0.2) is 24.3 Å². The second kappa shape index (κ2) is 6.47. The molecule has 1 aromatic rings. The molecule has 0 aliphatic carbocycles. The molecular formula is C11H12FNO4. The first-order chi connectivity index (χ1) is 8.13. The van der Waals surface area contributed by atoms with E-state index < -0.39 is 24.4 Å². The van der Waals surface area contributed by atoms with Crippen molar-refractivity contribution in [2.45, 2.75) is 6.92 Å². The van der Waals surface area contributed by atoms with Crippen molar-refractivity contribution >= 4 is 12.0 Å². The Balaban J connectivity index is 2.38. The van der Waals surface area contributed by atoms with Gasteiger partial charge in [-0.1, -0.05) is 12.1 Å². The lowest BCUT2D eigenvalue weighted by Gasteiger charge is -2.07. The molecule has 17 heavy (non-hydrogen) atoms. The van der Waals surface area contributed by atoms with E-state index >= 15 is 0 Å². The number of hydrogen-bond acceptors (Lipinski definition) is 4. The summed E-state index contributed by atoms with van der Waals surface area (Å²) in [5, 5.41) is 1.92. The van der Waals surface area contributed by atoms with Gasteiger partial charge in [0.1, 0.15) is 0 Å². The van der Waals surface area contributed by atoms with Gasteiger partial charge in [0.05, 0.1) is 6.61 Å². The van der Waals surface area contributed by atoms with Crippen LogP contribution in [0.2, 0.25) is 0 Å². The molecule has 0 unspecified atom stereocenters. The van der Waals surface area contributed by atoms with E-state index in [9.17, 15) is 14.0 Å². The standard InChI is InChI=1S/C11H12FNO4/c1-2-16-11(15)13-10(14)7-17-9-6-4-3-5-8(9)12/h3-6H,2,7H2,1H3,(H,13,14,15). The summed E-state index contributed by atoms with van der Waals surface area (Å²) in [6.45, 7) is 1.31. The van der Waals surface area contributed by atoms with Gasteiger partial charge in [0, 0.05) is 0 Å². The van der Waals surface area contributed by atoms with Gasteiger partial charge in [-0.3, -0.25) is 10.1 Å². The summed E-state index contributed by atoms with van der Waals surface area (Å²) in [4.78, 5) is 22.0. The zero-order chi connectivity index (χ0) is 12.7. The minimum Gasteiger partial charge on any atom is -0.481 e. The highest BCUT2D eigenvalue weighted by atomic mass is 19.1. The molecule has 1 rings (SSSR count). The molecule has 0 bridgehead atoms. The van der Waals surface area contributed by atoms with Crippen LogP contribution in [0.3, 0.4) is 0 Å². The van der Waals surface area contributed by atoms with E-state index in [1.54, 1.807) is 13.0 Å². The number of carbonyl (C=O) groups is 2. The van der Waals surface area contributed by atoms with E-state index in [0.29, 0.717) is 0 Å². The molecule has 1 aromatic carbocycles. The van der Waals surface area contributed by atoms with Crippen LogP contribution in [0.25, 0.3) is 0 Å². The summed E-state index contributed by atoms with van der Waals surface area (Å²) in [6, 6.07) is 5.66. The summed E-state index contributed by atoms with van der Waals surface area (Å²) in [5.41, 5.74) is 0. The molecule has 0 heterocycles. The molecule has 0 spiro atoms. The second-order valence-corrected chi connectivity index (χ2v) is 2.99. The number of carbonyl (C=O) groups excluding carboxylic acids is 2. The molecule has 5 nitrogen and oxygen atoms in total. The van der Waals surface area contributed by atoms with Crippen molar-refractivity contribution in [1.29, 1.82) is 0 Å². The number of halogens is 1. The fourth-order valence-electron chi connectivity index (χ4n) is 1.02. The maximum absolute atomic E-state index is 13.1. The van der Waals surface area contributed by atoms with E-state index in [2.05, 4.69) is 4.74 Å². The summed E-state index contributed by atoms with van der Waals surface area (Å²) < 4.78 is 22.4. The van der Waals surface area contributed by atoms with Crippen molar-refractivity contribution in [1.82, 2.24) is 5.32 Å². The highest BCUT2D eigenvalue weighted by Gasteiger charge is 2.10. The predicted molar refractivity (Wildman–Crippen MR) is 57.1 cm³/mol. The minimum absolute atomic E-state index is 0.0495. The first kappa shape index (κ1) is 13.0. The van der Waals surface area contributed by atoms with Crippen molar-refractivity contribution in [2.75, 3.05) is 13.2 Å². The van der Waals surface area contributed by atoms with E-state index in [1.807, 2.05) is 5.32 Å². The van der Waals surface area contributed by atoms with Gasteiger partial charge in [-0.05, 0) is 19.1 Å². The van der Waals surface area contributed by atoms with Crippen LogP contribution >= 0.6 is 0 Å². The van der Waals surface area contributed by atoms with Crippen molar-refractivity contribution in [3.05, 3.63) is 30.1 Å². The molecule has 0 aliphatic heterocycles. The Kier molecular flexibility index (Phi) is 4.93. The largest absolute Gasteiger partial charge is 0.481 e. The highest BCUT2D eigenvalue weighted by molar-refractivity contribution is 5.92. The number of benzene rings is 1. The Bertz CT molecular complexity index is 408. The minimum atomic E-state index is -0.852. The zero-order valence-corrected chi connectivity index (χ0v) is 9.23. The van der Waals surface area contributed by atoms with Crippen LogP contribution in [-0.4, -0.2) is 25.2 Å². The van der Waals surface area contributed by atoms with Gasteiger partial charge in [0.2, 0.25) is 0 Å². The Labute approximate surface area is 97.5 Å². The number of imide groups is 1. The second-order valence-electron chi connectivity index (χ2n) is 2.99. The van der Waals surface area contributed by atoms with E-state index in [4.69, 9.17) is 4.74 Å². The summed E-state index contributed by atoms with van der Waals surface area (Å²) in [7, 11) is 0. The maximum Gasteiger partial charge on any atom is 0.413 e. The van der Waals surface area contributed by atoms with Crippen molar-refractivity contribution in [2.24, 2.45) is 0 Å². The number of rotatable bonds is 4. The quantitative estimate of drug-likeness (QED) is 0.867. The maximum atomic E-state index is 13.1. The normalized spacial score (nSPS) is 9.53. The third kappa shape index (κ3) is 4.50. The lowest BCUT2D eigenvalue weighted by Crippen LogP contribution is -2.34. The topological polar surface area (TPSA) is 64.6 Å². The predicted octanol–water partition coefficient (Wildman–Crippen LogP) is 1.48. The number of hydrogen-bond donors (Lipinski definition) is 1. The van der Waals surface area contributed by atoms with Crippen LogP contribution in [0.1, 0.15) is 6.92 Å². The smallest absolute Gasteiger partial charge is 0.413 e. The number of amides is 2. The summed E-state index contributed by atoms with van der Waals surface area (Å²) in [6.07, 6.45) is -0.852. The first-order valence-corrected chi connectivity index (χ1v) is 4.97. The number of nitrogens with one attached hydrogen (secondary N) is 1. The van der Waals surface area contributed by atoms with Crippen LogP contribution in [0.5, 0.6) is 5.75 Å². The fourth-order valence-corrected chi connectivity index (χ4v) is 1.02. The average molecular weight is 241 g/mol. The Morgan fingerprint density at radius 3 is 2.71 bits per heavy atom. The monoisotopic (exact) mass is 241 g/mol. The van der Waals surface area contributed by atoms with Crippen LogP contribution < -0.4 is 10.1 Å². The van der Waals surface area contributed by atoms with Gasteiger partial charge in [-0.2, -0.15) is 0 Å². The third-order valence-electron chi connectivity index (χ3n) is 1.71. The molecule has 0 aromatic heterocycles. The number of alkyl carbamates (subject to hydrolysis) is 1. The van der Waals surface area contributed by atoms with E-state index in [-0.39, 0.29) is 12.4 Å². The Hall–Kier alpha value is -2.11. The van der Waals surface area contributed by atoms with Gasteiger partial charge in [-0.25, -0.2) is 9.18 Å². The molecule has 0 radical (unpaired) electrons. The molecule has 0 atom stereocenters. The van der Waals surface area contributed by atoms with E-state index in [1.165, 1.54) is 18.2 Å². The average Bonchev–Trinajstić information content (AvgIpc) is 2.28. The van der Waals surface area contributed by atoms with Gasteiger partial charge in [0.25, 0.3) is 5.91 Å². The van der Waals surface area contributed by atoms with Gasteiger partial charge < -0.3 is 9.47 Å². The lowest BCUT2D eigenvalue weighted by atomic mass is 10.3. The van der Waals surface area contributed by atoms with Crippen molar-refractivity contribution in [3.8, 4) is 5.75 Å². The van der Waals surface area contributed by atoms with Crippen LogP contribution in [0, 0.1) is 5.82 Å². The Morgan fingerprint density at radius 1 is 1.35 bits per heavy atom. The highest BCUT2D eigenvalue weighted by Crippen LogP contribution is 2.14. The van der Waals surface area contributed by atoms with Gasteiger partial charge >= 0.3 is 6.09 Å². The Morgan fingerprint density at radius 2 is 2.06 bits per heavy atom. The lowest BCUT2D eigenvalue weighted by molar-refractivity contribution is -0.122. The van der Waals surface area contributed by atoms with Crippen molar-refractivity contribution < 1.29 is 23.5 Å². The molecule has 2 amide bonds. The van der Waals surface area contributed by atoms with E-state index in [0.717, 1.165) is 0 Å². The SMILES string of the molecule is CCOC(=O)NC(=O)COc1ccccc1F. The zero-order valence-electron chi connectivity index (χ0n) is 9.23. The molecule has 6 heteroatoms. The molecule has 1 N–H and O–H groups in total. The summed E-state index contributed by atoms with van der Waals surface area (Å²) in [5.74, 6) is -1.32. The molecule has 0 fully saturated rings. The first-order valence-electron chi connectivity index (χ1n) is 4.97. The molecule has 0 saturated carbocycles. The fraction of sp³-hybridized carbons (Fsp3) is 0.273. The van der Waals surface area contributed by atoms with Crippen LogP contribution in [0.4, 0.5) is 9.18 Å². The van der Waals surface area contributed by atoms with Crippen LogP contribution in [-0.2, 0) is 9.53 Å². The molecule has 0 saturated heterocycles. The molecule has 0 aliphatic rings. The third-order valence-corrected chi connectivity index (χ3v) is 1.71. The van der Waals surface area contributed by atoms with Crippen molar-refractivity contribution in [3.63, 3.8) is 0 Å². The van der Waals surface area contributed by atoms with Gasteiger partial charge in [0.15, 0.2) is 18.2 Å². The number of para-hydroxylation sites is 1.